The summed E-state index contributed by atoms with van der Waals surface area (Å²) in [6.45, 7) is 1.30. The number of imidazole rings is 1. The Balaban J connectivity index is 1.49. The first-order valence-electron chi connectivity index (χ1n) is 9.65. The van der Waals surface area contributed by atoms with Gasteiger partial charge in [0.05, 0.1) is 31.2 Å². The van der Waals surface area contributed by atoms with E-state index in [-0.39, 0.29) is 5.91 Å². The van der Waals surface area contributed by atoms with Crippen molar-refractivity contribution in [2.75, 3.05) is 13.7 Å². The number of hydrogen-bond acceptors (Lipinski definition) is 5. The molecular weight excluding hydrogens is 380 g/mol. The molecule has 2 aromatic heterocycles. The van der Waals surface area contributed by atoms with Crippen LogP contribution in [0.2, 0.25) is 0 Å². The lowest BCUT2D eigenvalue weighted by molar-refractivity contribution is 0.0944. The summed E-state index contributed by atoms with van der Waals surface area (Å²) in [5, 5.41) is 2.90. The van der Waals surface area contributed by atoms with Gasteiger partial charge in [-0.15, -0.1) is 0 Å². The third-order valence-corrected chi connectivity index (χ3v) is 4.68. The summed E-state index contributed by atoms with van der Waals surface area (Å²) in [4.78, 5) is 21.1. The molecule has 0 unspecified atom stereocenters. The van der Waals surface area contributed by atoms with Crippen LogP contribution in [0.5, 0.6) is 11.5 Å². The summed E-state index contributed by atoms with van der Waals surface area (Å²) in [6, 6.07) is 20.7. The Hall–Kier alpha value is -3.87. The predicted octanol–water partition coefficient (Wildman–Crippen LogP) is 3.45. The van der Waals surface area contributed by atoms with Gasteiger partial charge in [0.15, 0.2) is 11.5 Å². The SMILES string of the molecule is COc1ccccc1OCCn1c(CNC(=O)c2ccccn2)nc2ccccc21. The van der Waals surface area contributed by atoms with E-state index < -0.39 is 0 Å². The van der Waals surface area contributed by atoms with Crippen LogP contribution in [-0.2, 0) is 13.1 Å². The van der Waals surface area contributed by atoms with Crippen molar-refractivity contribution >= 4 is 16.9 Å². The summed E-state index contributed by atoms with van der Waals surface area (Å²) in [5.41, 5.74) is 2.24. The van der Waals surface area contributed by atoms with E-state index in [0.717, 1.165) is 16.9 Å². The van der Waals surface area contributed by atoms with Gasteiger partial charge in [0.2, 0.25) is 0 Å². The highest BCUT2D eigenvalue weighted by molar-refractivity contribution is 5.92. The standard InChI is InChI=1S/C23H22N4O3/c1-29-20-11-4-5-12-21(20)30-15-14-27-19-10-3-2-8-17(19)26-22(27)16-25-23(28)18-9-6-7-13-24-18/h2-13H,14-16H2,1H3,(H,25,28). The molecule has 4 rings (SSSR count). The number of ether oxygens (including phenoxy) is 2. The maximum Gasteiger partial charge on any atom is 0.270 e. The normalized spacial score (nSPS) is 10.7. The summed E-state index contributed by atoms with van der Waals surface area (Å²) in [6.07, 6.45) is 1.60. The van der Waals surface area contributed by atoms with Gasteiger partial charge in [-0.2, -0.15) is 0 Å². The second-order valence-electron chi connectivity index (χ2n) is 6.57. The number of aromatic nitrogens is 3. The highest BCUT2D eigenvalue weighted by Crippen LogP contribution is 2.26. The number of nitrogens with zero attached hydrogens (tertiary/aromatic N) is 3. The lowest BCUT2D eigenvalue weighted by Crippen LogP contribution is -2.26. The minimum Gasteiger partial charge on any atom is -0.493 e. The zero-order valence-electron chi connectivity index (χ0n) is 16.6. The molecule has 0 aliphatic carbocycles. The Labute approximate surface area is 174 Å². The van der Waals surface area contributed by atoms with Gasteiger partial charge < -0.3 is 19.4 Å². The highest BCUT2D eigenvalue weighted by Gasteiger charge is 2.13. The molecule has 7 heteroatoms. The Morgan fingerprint density at radius 1 is 1.00 bits per heavy atom. The van der Waals surface area contributed by atoms with Crippen molar-refractivity contribution < 1.29 is 14.3 Å². The van der Waals surface area contributed by atoms with Gasteiger partial charge in [0, 0.05) is 6.20 Å². The smallest absolute Gasteiger partial charge is 0.270 e. The van der Waals surface area contributed by atoms with Gasteiger partial charge in [-0.1, -0.05) is 30.3 Å². The molecule has 0 bridgehead atoms. The molecule has 0 aliphatic rings. The molecular formula is C23H22N4O3. The Morgan fingerprint density at radius 2 is 1.77 bits per heavy atom. The van der Waals surface area contributed by atoms with E-state index in [0.29, 0.717) is 36.9 Å². The lowest BCUT2D eigenvalue weighted by Gasteiger charge is -2.13. The molecule has 152 valence electrons. The Bertz CT molecular complexity index is 1140. The first-order valence-corrected chi connectivity index (χ1v) is 9.65. The number of para-hydroxylation sites is 4. The third-order valence-electron chi connectivity index (χ3n) is 4.68. The van der Waals surface area contributed by atoms with E-state index in [1.54, 1.807) is 31.5 Å². The Morgan fingerprint density at radius 3 is 2.57 bits per heavy atom. The predicted molar refractivity (Wildman–Crippen MR) is 114 cm³/mol. The number of pyridine rings is 1. The number of carbonyl (C=O) groups excluding carboxylic acids is 1. The molecule has 0 saturated heterocycles. The number of nitrogens with one attached hydrogen (secondary N) is 1. The third kappa shape index (κ3) is 4.25. The topological polar surface area (TPSA) is 78.3 Å². The number of rotatable bonds is 8. The zero-order chi connectivity index (χ0) is 20.8. The average Bonchev–Trinajstić information content (AvgIpc) is 3.16. The highest BCUT2D eigenvalue weighted by atomic mass is 16.5. The van der Waals surface area contributed by atoms with Crippen molar-refractivity contribution in [3.8, 4) is 11.5 Å². The van der Waals surface area contributed by atoms with Crippen LogP contribution in [0, 0.1) is 0 Å². The van der Waals surface area contributed by atoms with E-state index in [4.69, 9.17) is 9.47 Å². The van der Waals surface area contributed by atoms with Crippen LogP contribution in [0.4, 0.5) is 0 Å². The fourth-order valence-electron chi connectivity index (χ4n) is 3.24. The lowest BCUT2D eigenvalue weighted by atomic mass is 10.3. The van der Waals surface area contributed by atoms with Crippen LogP contribution in [0.15, 0.2) is 72.9 Å². The maximum absolute atomic E-state index is 12.4. The first kappa shape index (κ1) is 19.4. The van der Waals surface area contributed by atoms with Crippen LogP contribution in [0.25, 0.3) is 11.0 Å². The zero-order valence-corrected chi connectivity index (χ0v) is 16.6. The van der Waals surface area contributed by atoms with Gasteiger partial charge in [-0.05, 0) is 36.4 Å². The number of carbonyl (C=O) groups is 1. The molecule has 1 amide bonds. The number of methoxy groups -OCH3 is 1. The van der Waals surface area contributed by atoms with Crippen LogP contribution in [0.1, 0.15) is 16.3 Å². The number of benzene rings is 2. The molecule has 4 aromatic rings. The van der Waals surface area contributed by atoms with Gasteiger partial charge in [-0.3, -0.25) is 9.78 Å². The number of fused-ring (bicyclic) bond motifs is 1. The number of amides is 1. The van der Waals surface area contributed by atoms with E-state index in [1.165, 1.54) is 0 Å². The van der Waals surface area contributed by atoms with Gasteiger partial charge in [0.25, 0.3) is 5.91 Å². The molecule has 2 heterocycles. The van der Waals surface area contributed by atoms with E-state index in [2.05, 4.69) is 19.9 Å². The molecule has 0 fully saturated rings. The molecule has 30 heavy (non-hydrogen) atoms. The molecule has 0 spiro atoms. The minimum absolute atomic E-state index is 0.237. The van der Waals surface area contributed by atoms with Crippen molar-refractivity contribution in [1.82, 2.24) is 19.9 Å². The van der Waals surface area contributed by atoms with E-state index in [1.807, 2.05) is 48.5 Å². The molecule has 0 saturated carbocycles. The van der Waals surface area contributed by atoms with Crippen LogP contribution in [0.3, 0.4) is 0 Å². The molecule has 0 radical (unpaired) electrons. The molecule has 0 atom stereocenters. The quantitative estimate of drug-likeness (QED) is 0.488. The van der Waals surface area contributed by atoms with E-state index in [9.17, 15) is 4.79 Å². The fraction of sp³-hybridized carbons (Fsp3) is 0.174. The van der Waals surface area contributed by atoms with Gasteiger partial charge in [0.1, 0.15) is 18.1 Å². The van der Waals surface area contributed by atoms with Crippen LogP contribution < -0.4 is 14.8 Å². The van der Waals surface area contributed by atoms with Crippen LogP contribution in [-0.4, -0.2) is 34.2 Å². The second-order valence-corrected chi connectivity index (χ2v) is 6.57. The first-order chi connectivity index (χ1) is 14.8. The summed E-state index contributed by atoms with van der Waals surface area (Å²) >= 11 is 0. The van der Waals surface area contributed by atoms with Crippen molar-refractivity contribution in [2.45, 2.75) is 13.1 Å². The second kappa shape index (κ2) is 9.09. The minimum atomic E-state index is -0.237. The summed E-state index contributed by atoms with van der Waals surface area (Å²) in [5.74, 6) is 1.90. The van der Waals surface area contributed by atoms with Gasteiger partial charge in [-0.25, -0.2) is 4.98 Å². The Kier molecular flexibility index (Phi) is 5.89. The molecule has 0 aliphatic heterocycles. The largest absolute Gasteiger partial charge is 0.493 e. The molecule has 1 N–H and O–H groups in total. The van der Waals surface area contributed by atoms with Crippen molar-refractivity contribution in [2.24, 2.45) is 0 Å². The van der Waals surface area contributed by atoms with E-state index >= 15 is 0 Å². The van der Waals surface area contributed by atoms with Crippen molar-refractivity contribution in [3.05, 3.63) is 84.4 Å². The molecule has 2 aromatic carbocycles. The monoisotopic (exact) mass is 402 g/mol. The van der Waals surface area contributed by atoms with Gasteiger partial charge >= 0.3 is 0 Å². The van der Waals surface area contributed by atoms with Crippen molar-refractivity contribution in [3.63, 3.8) is 0 Å². The summed E-state index contributed by atoms with van der Waals surface area (Å²) in [7, 11) is 1.62. The average molecular weight is 402 g/mol. The summed E-state index contributed by atoms with van der Waals surface area (Å²) < 4.78 is 13.3. The fourth-order valence-corrected chi connectivity index (χ4v) is 3.24. The number of hydrogen-bond donors (Lipinski definition) is 1. The maximum atomic E-state index is 12.4. The van der Waals surface area contributed by atoms with Crippen LogP contribution >= 0.6 is 0 Å². The van der Waals surface area contributed by atoms with Crippen molar-refractivity contribution in [1.29, 1.82) is 0 Å². The molecule has 7 nitrogen and oxygen atoms in total.